The van der Waals surface area contributed by atoms with Gasteiger partial charge in [-0.05, 0) is 48.7 Å². The van der Waals surface area contributed by atoms with Crippen LogP contribution in [0.25, 0.3) is 0 Å². The lowest BCUT2D eigenvalue weighted by Crippen LogP contribution is -2.35. The maximum Gasteiger partial charge on any atom is 0.416 e. The summed E-state index contributed by atoms with van der Waals surface area (Å²) in [5.41, 5.74) is 6.58. The molecule has 112 valence electrons. The van der Waals surface area contributed by atoms with E-state index in [2.05, 4.69) is 0 Å². The molecule has 0 saturated heterocycles. The van der Waals surface area contributed by atoms with Crippen LogP contribution in [0.2, 0.25) is 5.02 Å². The van der Waals surface area contributed by atoms with Crippen LogP contribution >= 0.6 is 11.6 Å². The highest BCUT2D eigenvalue weighted by Crippen LogP contribution is 2.30. The average Bonchev–Trinajstić information content (AvgIpc) is 2.38. The SMILES string of the molecule is CC(N)(Cc1ccc(C(F)(F)F)cc1)c1ccc(Cl)cc1. The molecule has 2 aromatic rings. The van der Waals surface area contributed by atoms with Crippen LogP contribution in [0.4, 0.5) is 13.2 Å². The van der Waals surface area contributed by atoms with E-state index in [-0.39, 0.29) is 0 Å². The molecular formula is C16H15ClF3N. The summed E-state index contributed by atoms with van der Waals surface area (Å²) in [6.45, 7) is 1.84. The molecule has 0 heterocycles. The molecule has 1 atom stereocenters. The highest BCUT2D eigenvalue weighted by molar-refractivity contribution is 6.30. The van der Waals surface area contributed by atoms with Crippen LogP contribution in [0.3, 0.4) is 0 Å². The van der Waals surface area contributed by atoms with Crippen LogP contribution in [-0.4, -0.2) is 0 Å². The van der Waals surface area contributed by atoms with Crippen molar-refractivity contribution in [3.63, 3.8) is 0 Å². The first-order valence-electron chi connectivity index (χ1n) is 6.39. The van der Waals surface area contributed by atoms with Gasteiger partial charge in [0, 0.05) is 10.6 Å². The average molecular weight is 314 g/mol. The Hall–Kier alpha value is -1.52. The first kappa shape index (κ1) is 15.9. The van der Waals surface area contributed by atoms with Crippen LogP contribution in [0.5, 0.6) is 0 Å². The summed E-state index contributed by atoms with van der Waals surface area (Å²) in [4.78, 5) is 0. The smallest absolute Gasteiger partial charge is 0.321 e. The molecule has 2 aromatic carbocycles. The fraction of sp³-hybridized carbons (Fsp3) is 0.250. The molecule has 0 spiro atoms. The zero-order valence-corrected chi connectivity index (χ0v) is 12.2. The van der Waals surface area contributed by atoms with Gasteiger partial charge in [-0.3, -0.25) is 0 Å². The topological polar surface area (TPSA) is 26.0 Å². The van der Waals surface area contributed by atoms with E-state index in [9.17, 15) is 13.2 Å². The van der Waals surface area contributed by atoms with Crippen LogP contribution in [0.15, 0.2) is 48.5 Å². The van der Waals surface area contributed by atoms with E-state index >= 15 is 0 Å². The van der Waals surface area contributed by atoms with Crippen molar-refractivity contribution < 1.29 is 13.2 Å². The Morgan fingerprint density at radius 3 is 1.86 bits per heavy atom. The number of hydrogen-bond acceptors (Lipinski definition) is 1. The van der Waals surface area contributed by atoms with E-state index in [0.717, 1.165) is 23.3 Å². The largest absolute Gasteiger partial charge is 0.416 e. The Kier molecular flexibility index (Phi) is 4.30. The summed E-state index contributed by atoms with van der Waals surface area (Å²) in [5, 5.41) is 0.615. The van der Waals surface area contributed by atoms with E-state index in [1.54, 1.807) is 12.1 Å². The molecule has 0 radical (unpaired) electrons. The van der Waals surface area contributed by atoms with E-state index in [1.165, 1.54) is 12.1 Å². The second-order valence-corrected chi connectivity index (χ2v) is 5.73. The molecule has 0 fully saturated rings. The van der Waals surface area contributed by atoms with Gasteiger partial charge in [-0.2, -0.15) is 13.2 Å². The van der Waals surface area contributed by atoms with E-state index < -0.39 is 17.3 Å². The zero-order valence-electron chi connectivity index (χ0n) is 11.4. The molecule has 2 N–H and O–H groups in total. The third-order valence-corrected chi connectivity index (χ3v) is 3.61. The number of halogens is 4. The van der Waals surface area contributed by atoms with Gasteiger partial charge >= 0.3 is 6.18 Å². The van der Waals surface area contributed by atoms with Crippen molar-refractivity contribution in [3.8, 4) is 0 Å². The first-order chi connectivity index (χ1) is 9.68. The van der Waals surface area contributed by atoms with Crippen molar-refractivity contribution in [3.05, 3.63) is 70.2 Å². The number of rotatable bonds is 3. The maximum atomic E-state index is 12.5. The predicted octanol–water partition coefficient (Wildman–Crippen LogP) is 4.78. The summed E-state index contributed by atoms with van der Waals surface area (Å²) in [6, 6.07) is 12.2. The molecule has 0 aliphatic rings. The van der Waals surface area contributed by atoms with Crippen molar-refractivity contribution in [2.24, 2.45) is 5.73 Å². The summed E-state index contributed by atoms with van der Waals surface area (Å²) in [5.74, 6) is 0. The summed E-state index contributed by atoms with van der Waals surface area (Å²) >= 11 is 5.83. The highest BCUT2D eigenvalue weighted by atomic mass is 35.5. The van der Waals surface area contributed by atoms with Crippen molar-refractivity contribution in [2.75, 3.05) is 0 Å². The molecule has 0 amide bonds. The second-order valence-electron chi connectivity index (χ2n) is 5.30. The first-order valence-corrected chi connectivity index (χ1v) is 6.77. The lowest BCUT2D eigenvalue weighted by atomic mass is 9.86. The minimum absolute atomic E-state index is 0.437. The number of hydrogen-bond donors (Lipinski definition) is 1. The third-order valence-electron chi connectivity index (χ3n) is 3.36. The maximum absolute atomic E-state index is 12.5. The fourth-order valence-electron chi connectivity index (χ4n) is 2.17. The number of nitrogens with two attached hydrogens (primary N) is 1. The molecular weight excluding hydrogens is 299 g/mol. The Labute approximate surface area is 126 Å². The summed E-state index contributed by atoms with van der Waals surface area (Å²) < 4.78 is 37.6. The Balaban J connectivity index is 2.18. The summed E-state index contributed by atoms with van der Waals surface area (Å²) in [7, 11) is 0. The molecule has 1 unspecified atom stereocenters. The van der Waals surface area contributed by atoms with Gasteiger partial charge in [0.05, 0.1) is 5.56 Å². The van der Waals surface area contributed by atoms with Crippen molar-refractivity contribution in [1.82, 2.24) is 0 Å². The quantitative estimate of drug-likeness (QED) is 0.867. The summed E-state index contributed by atoms with van der Waals surface area (Å²) in [6.07, 6.45) is -3.88. The van der Waals surface area contributed by atoms with Gasteiger partial charge in [-0.25, -0.2) is 0 Å². The minimum atomic E-state index is -4.32. The standard InChI is InChI=1S/C16H15ClF3N/c1-15(21,12-6-8-14(17)9-7-12)10-11-2-4-13(5-3-11)16(18,19)20/h2-9H,10,21H2,1H3. The van der Waals surface area contributed by atoms with Crippen LogP contribution in [0.1, 0.15) is 23.6 Å². The molecule has 0 aliphatic carbocycles. The molecule has 0 saturated carbocycles. The molecule has 0 bridgehead atoms. The third kappa shape index (κ3) is 3.99. The molecule has 5 heteroatoms. The molecule has 0 aliphatic heterocycles. The van der Waals surface area contributed by atoms with Gasteiger partial charge in [0.25, 0.3) is 0 Å². The molecule has 0 aromatic heterocycles. The predicted molar refractivity (Wildman–Crippen MR) is 78.1 cm³/mol. The van der Waals surface area contributed by atoms with Crippen molar-refractivity contribution >= 4 is 11.6 Å². The second kappa shape index (κ2) is 5.70. The fourth-order valence-corrected chi connectivity index (χ4v) is 2.29. The van der Waals surface area contributed by atoms with Gasteiger partial charge < -0.3 is 5.73 Å². The molecule has 1 nitrogen and oxygen atoms in total. The van der Waals surface area contributed by atoms with Gasteiger partial charge in [0.15, 0.2) is 0 Å². The van der Waals surface area contributed by atoms with E-state index in [4.69, 9.17) is 17.3 Å². The van der Waals surface area contributed by atoms with Crippen molar-refractivity contribution in [2.45, 2.75) is 25.1 Å². The Bertz CT molecular complexity index is 601. The minimum Gasteiger partial charge on any atom is -0.321 e. The monoisotopic (exact) mass is 313 g/mol. The van der Waals surface area contributed by atoms with E-state index in [1.807, 2.05) is 19.1 Å². The van der Waals surface area contributed by atoms with Crippen LogP contribution in [-0.2, 0) is 18.1 Å². The number of alkyl halides is 3. The lowest BCUT2D eigenvalue weighted by molar-refractivity contribution is -0.137. The molecule has 2 rings (SSSR count). The molecule has 21 heavy (non-hydrogen) atoms. The number of benzene rings is 2. The zero-order chi connectivity index (χ0) is 15.7. The van der Waals surface area contributed by atoms with Crippen LogP contribution < -0.4 is 5.73 Å². The van der Waals surface area contributed by atoms with E-state index in [0.29, 0.717) is 11.4 Å². The van der Waals surface area contributed by atoms with Gasteiger partial charge in [0.2, 0.25) is 0 Å². The highest BCUT2D eigenvalue weighted by Gasteiger charge is 2.30. The Morgan fingerprint density at radius 2 is 1.38 bits per heavy atom. The van der Waals surface area contributed by atoms with Crippen molar-refractivity contribution in [1.29, 1.82) is 0 Å². The van der Waals surface area contributed by atoms with Gasteiger partial charge in [0.1, 0.15) is 0 Å². The van der Waals surface area contributed by atoms with Gasteiger partial charge in [-0.15, -0.1) is 0 Å². The van der Waals surface area contributed by atoms with Crippen LogP contribution in [0, 0.1) is 0 Å². The normalized spacial score (nSPS) is 14.8. The Morgan fingerprint density at radius 1 is 0.905 bits per heavy atom. The van der Waals surface area contributed by atoms with Gasteiger partial charge in [-0.1, -0.05) is 35.9 Å². The lowest BCUT2D eigenvalue weighted by Gasteiger charge is -2.25.